The number of benzene rings is 1. The SMILES string of the molecule is CC1(O)CN(C(=O)Cc2ccc(OCC[C@@H]3C[C@@H]3C3CCN(C(=O)OC4(C)CC4)CC3)cc2F)C1. The summed E-state index contributed by atoms with van der Waals surface area (Å²) in [6.07, 6.45) is 6.00. The molecule has 0 unspecified atom stereocenters. The minimum absolute atomic E-state index is 0.0121. The number of rotatable bonds is 8. The van der Waals surface area contributed by atoms with Gasteiger partial charge in [0, 0.05) is 19.2 Å². The fourth-order valence-electron chi connectivity index (χ4n) is 5.56. The monoisotopic (exact) mass is 488 g/mol. The molecule has 2 saturated heterocycles. The molecule has 2 amide bonds. The smallest absolute Gasteiger partial charge is 0.410 e. The third-order valence-electron chi connectivity index (χ3n) is 8.21. The fourth-order valence-corrected chi connectivity index (χ4v) is 5.56. The van der Waals surface area contributed by atoms with Crippen LogP contribution < -0.4 is 4.74 Å². The molecule has 0 spiro atoms. The van der Waals surface area contributed by atoms with Crippen molar-refractivity contribution >= 4 is 12.0 Å². The lowest BCUT2D eigenvalue weighted by Gasteiger charge is -2.44. The van der Waals surface area contributed by atoms with Crippen LogP contribution >= 0.6 is 0 Å². The number of ether oxygens (including phenoxy) is 2. The number of carbonyl (C=O) groups excluding carboxylic acids is 2. The Morgan fingerprint density at radius 2 is 1.86 bits per heavy atom. The number of likely N-dealkylation sites (tertiary alicyclic amines) is 2. The van der Waals surface area contributed by atoms with Gasteiger partial charge in [0.15, 0.2) is 0 Å². The Labute approximate surface area is 206 Å². The summed E-state index contributed by atoms with van der Waals surface area (Å²) in [5.74, 6) is 1.87. The van der Waals surface area contributed by atoms with E-state index in [1.54, 1.807) is 24.0 Å². The molecule has 8 heteroatoms. The first-order valence-electron chi connectivity index (χ1n) is 13.0. The molecule has 35 heavy (non-hydrogen) atoms. The number of β-amino-alcohol motifs (C(OH)–C–C–N with tert-alkyl or cyclic N) is 1. The van der Waals surface area contributed by atoms with Crippen molar-refractivity contribution in [3.05, 3.63) is 29.6 Å². The molecule has 2 aliphatic heterocycles. The molecule has 1 N–H and O–H groups in total. The molecule has 2 heterocycles. The molecule has 1 aromatic carbocycles. The van der Waals surface area contributed by atoms with Gasteiger partial charge in [0.1, 0.15) is 17.2 Å². The average molecular weight is 489 g/mol. The van der Waals surface area contributed by atoms with Crippen LogP contribution in [0.1, 0.15) is 57.9 Å². The van der Waals surface area contributed by atoms with E-state index in [-0.39, 0.29) is 24.0 Å². The molecule has 0 radical (unpaired) electrons. The van der Waals surface area contributed by atoms with E-state index in [9.17, 15) is 19.1 Å². The van der Waals surface area contributed by atoms with Crippen LogP contribution in [0, 0.1) is 23.6 Å². The number of aliphatic hydroxyl groups is 1. The molecule has 192 valence electrons. The highest BCUT2D eigenvalue weighted by molar-refractivity contribution is 5.80. The number of piperidine rings is 1. The Morgan fingerprint density at radius 3 is 2.49 bits per heavy atom. The van der Waals surface area contributed by atoms with Gasteiger partial charge in [-0.3, -0.25) is 4.79 Å². The normalized spacial score (nSPS) is 26.6. The second-order valence-corrected chi connectivity index (χ2v) is 11.6. The van der Waals surface area contributed by atoms with Gasteiger partial charge in [0.25, 0.3) is 0 Å². The third-order valence-corrected chi connectivity index (χ3v) is 8.21. The summed E-state index contributed by atoms with van der Waals surface area (Å²) in [6, 6.07) is 4.69. The number of hydrogen-bond acceptors (Lipinski definition) is 5. The maximum Gasteiger partial charge on any atom is 0.410 e. The van der Waals surface area contributed by atoms with E-state index in [2.05, 4.69) is 0 Å². The second-order valence-electron chi connectivity index (χ2n) is 11.6. The third kappa shape index (κ3) is 5.90. The van der Waals surface area contributed by atoms with Crippen molar-refractivity contribution in [3.8, 4) is 5.75 Å². The maximum absolute atomic E-state index is 14.5. The fraction of sp³-hybridized carbons (Fsp3) is 0.704. The van der Waals surface area contributed by atoms with Crippen LogP contribution in [-0.2, 0) is 16.0 Å². The number of halogens is 1. The molecule has 4 aliphatic rings. The summed E-state index contributed by atoms with van der Waals surface area (Å²) >= 11 is 0. The lowest BCUT2D eigenvalue weighted by Crippen LogP contribution is -2.62. The summed E-state index contributed by atoms with van der Waals surface area (Å²) in [4.78, 5) is 27.9. The molecule has 2 aliphatic carbocycles. The van der Waals surface area contributed by atoms with Gasteiger partial charge in [-0.05, 0) is 81.8 Å². The highest BCUT2D eigenvalue weighted by atomic mass is 19.1. The molecule has 2 atom stereocenters. The summed E-state index contributed by atoms with van der Waals surface area (Å²) in [7, 11) is 0. The zero-order chi connectivity index (χ0) is 24.8. The van der Waals surface area contributed by atoms with Gasteiger partial charge in [0.2, 0.25) is 5.91 Å². The zero-order valence-corrected chi connectivity index (χ0v) is 20.8. The first-order chi connectivity index (χ1) is 16.6. The van der Waals surface area contributed by atoms with Crippen molar-refractivity contribution in [1.29, 1.82) is 0 Å². The minimum atomic E-state index is -0.827. The van der Waals surface area contributed by atoms with Crippen LogP contribution in [0.3, 0.4) is 0 Å². The van der Waals surface area contributed by atoms with Gasteiger partial charge in [0.05, 0.1) is 31.7 Å². The summed E-state index contributed by atoms with van der Waals surface area (Å²) in [6.45, 7) is 6.38. The van der Waals surface area contributed by atoms with E-state index in [4.69, 9.17) is 9.47 Å². The molecule has 1 aromatic rings. The standard InChI is InChI=1S/C27H37FN2O5/c1-26(33)16-30(17-26)24(31)14-20-3-4-21(15-23(20)28)34-12-7-19-13-22(19)18-5-10-29(11-6-18)25(32)35-27(2)8-9-27/h3-4,15,18-19,22,33H,5-14,16-17H2,1-2H3/t19-,22-/m1/s1. The van der Waals surface area contributed by atoms with E-state index in [1.165, 1.54) is 12.5 Å². The Bertz CT molecular complexity index is 962. The van der Waals surface area contributed by atoms with Crippen LogP contribution in [0.4, 0.5) is 9.18 Å². The predicted molar refractivity (Wildman–Crippen MR) is 127 cm³/mol. The molecule has 5 rings (SSSR count). The topological polar surface area (TPSA) is 79.3 Å². The molecular formula is C27H37FN2O5. The van der Waals surface area contributed by atoms with E-state index >= 15 is 0 Å². The van der Waals surface area contributed by atoms with Crippen molar-refractivity contribution in [2.75, 3.05) is 32.8 Å². The van der Waals surface area contributed by atoms with E-state index < -0.39 is 11.4 Å². The number of carbonyl (C=O) groups is 2. The second kappa shape index (κ2) is 9.26. The summed E-state index contributed by atoms with van der Waals surface area (Å²) in [5.41, 5.74) is -0.697. The highest BCUT2D eigenvalue weighted by Gasteiger charge is 2.45. The van der Waals surface area contributed by atoms with Crippen LogP contribution in [0.25, 0.3) is 0 Å². The Morgan fingerprint density at radius 1 is 1.14 bits per heavy atom. The molecule has 7 nitrogen and oxygen atoms in total. The average Bonchev–Trinajstić information content (AvgIpc) is 3.72. The van der Waals surface area contributed by atoms with E-state index in [1.807, 2.05) is 11.8 Å². The summed E-state index contributed by atoms with van der Waals surface area (Å²) in [5, 5.41) is 9.77. The van der Waals surface area contributed by atoms with Crippen LogP contribution in [0.15, 0.2) is 18.2 Å². The van der Waals surface area contributed by atoms with Gasteiger partial charge in [-0.1, -0.05) is 6.07 Å². The number of nitrogens with zero attached hydrogens (tertiary/aromatic N) is 2. The Balaban J connectivity index is 0.995. The molecule has 0 aromatic heterocycles. The minimum Gasteiger partial charge on any atom is -0.493 e. The molecule has 2 saturated carbocycles. The summed E-state index contributed by atoms with van der Waals surface area (Å²) < 4.78 is 25.9. The maximum atomic E-state index is 14.5. The van der Waals surface area contributed by atoms with Gasteiger partial charge in [-0.2, -0.15) is 0 Å². The largest absolute Gasteiger partial charge is 0.493 e. The van der Waals surface area contributed by atoms with E-state index in [0.29, 0.717) is 48.8 Å². The van der Waals surface area contributed by atoms with Crippen LogP contribution in [-0.4, -0.2) is 70.9 Å². The van der Waals surface area contributed by atoms with Gasteiger partial charge in [-0.25, -0.2) is 9.18 Å². The lowest BCUT2D eigenvalue weighted by molar-refractivity contribution is -0.151. The van der Waals surface area contributed by atoms with Gasteiger partial charge >= 0.3 is 6.09 Å². The number of amides is 2. The van der Waals surface area contributed by atoms with Crippen molar-refractivity contribution in [2.24, 2.45) is 17.8 Å². The van der Waals surface area contributed by atoms with Gasteiger partial charge < -0.3 is 24.4 Å². The lowest BCUT2D eigenvalue weighted by atomic mass is 9.91. The zero-order valence-electron chi connectivity index (χ0n) is 20.8. The highest BCUT2D eigenvalue weighted by Crippen LogP contribution is 2.50. The molecule has 0 bridgehead atoms. The number of hydrogen-bond donors (Lipinski definition) is 1. The quantitative estimate of drug-likeness (QED) is 0.603. The Kier molecular flexibility index (Phi) is 6.45. The first-order valence-corrected chi connectivity index (χ1v) is 13.0. The van der Waals surface area contributed by atoms with Crippen molar-refractivity contribution < 1.29 is 28.6 Å². The van der Waals surface area contributed by atoms with Gasteiger partial charge in [-0.15, -0.1) is 0 Å². The first kappa shape index (κ1) is 24.3. The molecule has 4 fully saturated rings. The van der Waals surface area contributed by atoms with Crippen LogP contribution in [0.2, 0.25) is 0 Å². The predicted octanol–water partition coefficient (Wildman–Crippen LogP) is 3.77. The van der Waals surface area contributed by atoms with Crippen molar-refractivity contribution in [3.63, 3.8) is 0 Å². The van der Waals surface area contributed by atoms with Crippen LogP contribution in [0.5, 0.6) is 5.75 Å². The van der Waals surface area contributed by atoms with E-state index in [0.717, 1.165) is 45.2 Å². The van der Waals surface area contributed by atoms with Crippen molar-refractivity contribution in [2.45, 2.75) is 70.0 Å². The molecular weight excluding hydrogens is 451 g/mol. The Hall–Kier alpha value is -2.35. The van der Waals surface area contributed by atoms with Crippen molar-refractivity contribution in [1.82, 2.24) is 9.80 Å².